The van der Waals surface area contributed by atoms with E-state index < -0.39 is 0 Å². The molecule has 1 aromatic carbocycles. The Kier molecular flexibility index (Phi) is 4.75. The molecule has 0 aliphatic carbocycles. The first-order chi connectivity index (χ1) is 12.4. The second-order valence-electron chi connectivity index (χ2n) is 6.69. The van der Waals surface area contributed by atoms with Gasteiger partial charge in [0.15, 0.2) is 0 Å². The zero-order chi connectivity index (χ0) is 18.8. The predicted octanol–water partition coefficient (Wildman–Crippen LogP) is 2.65. The van der Waals surface area contributed by atoms with E-state index in [0.717, 1.165) is 17.7 Å². The third-order valence-electron chi connectivity index (χ3n) is 4.90. The molecule has 136 valence electrons. The maximum atomic E-state index is 11.9. The summed E-state index contributed by atoms with van der Waals surface area (Å²) in [6, 6.07) is 9.01. The number of aromatic amines is 1. The number of phenolic OH excluding ortho intramolecular Hbond substituents is 1. The molecular formula is C20H24N4O2. The van der Waals surface area contributed by atoms with Crippen molar-refractivity contribution >= 4 is 23.5 Å². The fourth-order valence-corrected chi connectivity index (χ4v) is 3.49. The number of rotatable bonds is 4. The second-order valence-corrected chi connectivity index (χ2v) is 6.69. The van der Waals surface area contributed by atoms with Gasteiger partial charge < -0.3 is 26.5 Å². The molecule has 6 nitrogen and oxygen atoms in total. The number of carbonyl (C=O) groups is 1. The van der Waals surface area contributed by atoms with Gasteiger partial charge in [-0.3, -0.25) is 4.79 Å². The summed E-state index contributed by atoms with van der Waals surface area (Å²) in [4.78, 5) is 17.0. The van der Waals surface area contributed by atoms with Gasteiger partial charge >= 0.3 is 0 Å². The quantitative estimate of drug-likeness (QED) is 0.634. The molecule has 1 aliphatic rings. The Morgan fingerprint density at radius 1 is 1.42 bits per heavy atom. The lowest BCUT2D eigenvalue weighted by atomic mass is 10.0. The van der Waals surface area contributed by atoms with E-state index in [2.05, 4.69) is 11.6 Å². The molecule has 0 radical (unpaired) electrons. The van der Waals surface area contributed by atoms with Gasteiger partial charge in [-0.25, -0.2) is 0 Å². The molecule has 3 rings (SSSR count). The third kappa shape index (κ3) is 3.31. The molecule has 2 aromatic rings. The van der Waals surface area contributed by atoms with Crippen molar-refractivity contribution in [2.24, 2.45) is 5.73 Å². The molecule has 0 spiro atoms. The first kappa shape index (κ1) is 17.7. The monoisotopic (exact) mass is 352 g/mol. The molecule has 1 saturated heterocycles. The number of phenols is 1. The Hall–Kier alpha value is -3.15. The number of benzene rings is 1. The summed E-state index contributed by atoms with van der Waals surface area (Å²) < 4.78 is 0. The molecule has 2 heterocycles. The molecule has 26 heavy (non-hydrogen) atoms. The van der Waals surface area contributed by atoms with Crippen molar-refractivity contribution in [2.75, 3.05) is 12.3 Å². The summed E-state index contributed by atoms with van der Waals surface area (Å²) in [7, 11) is 0. The van der Waals surface area contributed by atoms with Gasteiger partial charge in [-0.05, 0) is 43.7 Å². The maximum Gasteiger partial charge on any atom is 0.246 e. The summed E-state index contributed by atoms with van der Waals surface area (Å²) in [5, 5.41) is 9.93. The van der Waals surface area contributed by atoms with Gasteiger partial charge in [0, 0.05) is 41.0 Å². The van der Waals surface area contributed by atoms with Gasteiger partial charge in [-0.1, -0.05) is 18.7 Å². The minimum atomic E-state index is -0.0524. The van der Waals surface area contributed by atoms with Crippen LogP contribution in [0.5, 0.6) is 5.75 Å². The number of nitrogen functional groups attached to an aromatic ring is 1. The first-order valence-electron chi connectivity index (χ1n) is 8.57. The minimum absolute atomic E-state index is 0.0524. The van der Waals surface area contributed by atoms with Crippen LogP contribution >= 0.6 is 0 Å². The van der Waals surface area contributed by atoms with E-state index in [9.17, 15) is 9.90 Å². The normalized spacial score (nSPS) is 20.3. The summed E-state index contributed by atoms with van der Waals surface area (Å²) in [5.74, 6) is 0.770. The van der Waals surface area contributed by atoms with Gasteiger partial charge in [0.05, 0.1) is 0 Å². The number of nitrogens with one attached hydrogen (secondary N) is 1. The summed E-state index contributed by atoms with van der Waals surface area (Å²) in [5.41, 5.74) is 15.0. The molecule has 2 unspecified atom stereocenters. The highest BCUT2D eigenvalue weighted by Gasteiger charge is 2.33. The van der Waals surface area contributed by atoms with E-state index in [1.165, 1.54) is 6.08 Å². The van der Waals surface area contributed by atoms with Crippen LogP contribution in [0.15, 0.2) is 43.0 Å². The summed E-state index contributed by atoms with van der Waals surface area (Å²) in [6.07, 6.45) is 3.95. The molecule has 6 heteroatoms. The number of hydrogen-bond acceptors (Lipinski definition) is 4. The van der Waals surface area contributed by atoms with E-state index in [0.29, 0.717) is 23.6 Å². The number of likely N-dealkylation sites (tertiary alicyclic amines) is 1. The molecule has 0 saturated carbocycles. The number of nitrogens with zero attached hydrogens (tertiary/aromatic N) is 1. The van der Waals surface area contributed by atoms with Gasteiger partial charge in [0.25, 0.3) is 0 Å². The zero-order valence-corrected chi connectivity index (χ0v) is 14.8. The number of H-pyrrole nitrogens is 1. The fraction of sp³-hybridized carbons (Fsp3) is 0.250. The highest BCUT2D eigenvalue weighted by atomic mass is 16.3. The van der Waals surface area contributed by atoms with Crippen LogP contribution in [0.3, 0.4) is 0 Å². The number of nitrogens with two attached hydrogens (primary N) is 2. The van der Waals surface area contributed by atoms with E-state index in [1.54, 1.807) is 24.3 Å². The number of aromatic nitrogens is 1. The van der Waals surface area contributed by atoms with Crippen molar-refractivity contribution in [3.8, 4) is 5.75 Å². The topological polar surface area (TPSA) is 108 Å². The van der Waals surface area contributed by atoms with Gasteiger partial charge in [0.2, 0.25) is 5.91 Å². The van der Waals surface area contributed by atoms with Crippen molar-refractivity contribution in [1.29, 1.82) is 0 Å². The van der Waals surface area contributed by atoms with Crippen molar-refractivity contribution in [3.63, 3.8) is 0 Å². The number of anilines is 1. The zero-order valence-electron chi connectivity index (χ0n) is 14.8. The summed E-state index contributed by atoms with van der Waals surface area (Å²) >= 11 is 0. The Balaban J connectivity index is 1.84. The van der Waals surface area contributed by atoms with Crippen LogP contribution in [0.1, 0.15) is 36.1 Å². The molecule has 0 bridgehead atoms. The smallest absolute Gasteiger partial charge is 0.246 e. The summed E-state index contributed by atoms with van der Waals surface area (Å²) in [6.45, 7) is 6.22. The lowest BCUT2D eigenvalue weighted by Gasteiger charge is -2.19. The van der Waals surface area contributed by atoms with Crippen LogP contribution in [0.4, 0.5) is 5.82 Å². The predicted molar refractivity (Wildman–Crippen MR) is 104 cm³/mol. The Labute approximate surface area is 152 Å². The third-order valence-corrected chi connectivity index (χ3v) is 4.90. The average Bonchev–Trinajstić information content (AvgIpc) is 3.18. The Bertz CT molecular complexity index is 868. The van der Waals surface area contributed by atoms with Gasteiger partial charge in [-0.2, -0.15) is 0 Å². The van der Waals surface area contributed by atoms with Crippen LogP contribution in [0.2, 0.25) is 0 Å². The number of carbonyl (C=O) groups excluding carboxylic acids is 1. The Morgan fingerprint density at radius 2 is 2.15 bits per heavy atom. The van der Waals surface area contributed by atoms with Gasteiger partial charge in [-0.15, -0.1) is 0 Å². The number of amides is 1. The van der Waals surface area contributed by atoms with Crippen LogP contribution in [-0.2, 0) is 4.79 Å². The minimum Gasteiger partial charge on any atom is -0.507 e. The average molecular weight is 352 g/mol. The molecule has 1 fully saturated rings. The van der Waals surface area contributed by atoms with E-state index in [-0.39, 0.29) is 23.6 Å². The van der Waals surface area contributed by atoms with Crippen LogP contribution in [0.25, 0.3) is 11.8 Å². The standard InChI is InChI=1S/C20H24N4O2/c1-3-19(26)24-11-14(8-12(24)2)17-10-13(20(22)23-17)9-16(21)15-6-4-5-7-18(15)25/h3-7,9-10,12,14,23,25H,1,8,11,21-22H2,2H3/b16-9-. The number of para-hydroxylation sites is 1. The molecular weight excluding hydrogens is 328 g/mol. The van der Waals surface area contributed by atoms with Crippen LogP contribution in [-0.4, -0.2) is 33.5 Å². The van der Waals surface area contributed by atoms with Crippen LogP contribution < -0.4 is 11.5 Å². The van der Waals surface area contributed by atoms with Gasteiger partial charge in [0.1, 0.15) is 11.6 Å². The van der Waals surface area contributed by atoms with Crippen molar-refractivity contribution in [2.45, 2.75) is 25.3 Å². The molecule has 1 amide bonds. The highest BCUT2D eigenvalue weighted by Crippen LogP contribution is 2.34. The SMILES string of the molecule is C=CC(=O)N1CC(c2cc(/C=C(\N)c3ccccc3O)c(N)[nH]2)CC1C. The van der Waals surface area contributed by atoms with E-state index >= 15 is 0 Å². The maximum absolute atomic E-state index is 11.9. The largest absolute Gasteiger partial charge is 0.507 e. The molecule has 1 aromatic heterocycles. The molecule has 1 aliphatic heterocycles. The van der Waals surface area contributed by atoms with E-state index in [1.807, 2.05) is 24.0 Å². The molecule has 6 N–H and O–H groups in total. The fourth-order valence-electron chi connectivity index (χ4n) is 3.49. The second kappa shape index (κ2) is 7.00. The molecule has 2 atom stereocenters. The van der Waals surface area contributed by atoms with Crippen LogP contribution in [0, 0.1) is 0 Å². The van der Waals surface area contributed by atoms with Crippen molar-refractivity contribution in [3.05, 3.63) is 59.8 Å². The van der Waals surface area contributed by atoms with E-state index in [4.69, 9.17) is 11.5 Å². The lowest BCUT2D eigenvalue weighted by molar-refractivity contribution is -0.126. The highest BCUT2D eigenvalue weighted by molar-refractivity contribution is 5.87. The number of aromatic hydroxyl groups is 1. The number of hydrogen-bond donors (Lipinski definition) is 4. The van der Waals surface area contributed by atoms with Crippen molar-refractivity contribution in [1.82, 2.24) is 9.88 Å². The lowest BCUT2D eigenvalue weighted by Crippen LogP contribution is -2.32. The first-order valence-corrected chi connectivity index (χ1v) is 8.57. The van der Waals surface area contributed by atoms with Crippen molar-refractivity contribution < 1.29 is 9.90 Å². The Morgan fingerprint density at radius 3 is 2.85 bits per heavy atom.